The van der Waals surface area contributed by atoms with Gasteiger partial charge in [-0.2, -0.15) is 0 Å². The molecule has 0 saturated carbocycles. The summed E-state index contributed by atoms with van der Waals surface area (Å²) >= 11 is 0. The maximum atomic E-state index is 13.5. The number of hydrogen-bond acceptors (Lipinski definition) is 5. The fraction of sp³-hybridized carbons (Fsp3) is 0.680. The predicted molar refractivity (Wildman–Crippen MR) is 127 cm³/mol. The number of hydrogen-bond donors (Lipinski definition) is 1. The van der Waals surface area contributed by atoms with Gasteiger partial charge in [-0.3, -0.25) is 19.9 Å². The zero-order valence-electron chi connectivity index (χ0n) is 19.7. The molecule has 3 aliphatic rings. The second-order valence-electron chi connectivity index (χ2n) is 9.41. The first-order chi connectivity index (χ1) is 15.6. The highest BCUT2D eigenvalue weighted by Gasteiger charge is 2.55. The summed E-state index contributed by atoms with van der Waals surface area (Å²) in [5.41, 5.74) is 1.14. The summed E-state index contributed by atoms with van der Waals surface area (Å²) in [6.07, 6.45) is 10.3. The largest absolute Gasteiger partial charge is 0.343 e. The Bertz CT molecular complexity index is 773. The average molecular weight is 442 g/mol. The highest BCUT2D eigenvalue weighted by atomic mass is 16.2. The molecule has 3 aliphatic heterocycles. The Morgan fingerprint density at radius 2 is 1.62 bits per heavy atom. The Kier molecular flexibility index (Phi) is 7.68. The number of nitrogens with zero attached hydrogens (tertiary/aromatic N) is 4. The maximum absolute atomic E-state index is 13.5. The number of nitrogens with one attached hydrogen (secondary N) is 1. The summed E-state index contributed by atoms with van der Waals surface area (Å²) in [7, 11) is 1.82. The SMILES string of the molecule is CCCCCCCCCCN1C(=O)C2C(NC3N(c4ccccc4)CCCN23)N(C)C1=O. The van der Waals surface area contributed by atoms with E-state index in [0.717, 1.165) is 38.0 Å². The average Bonchev–Trinajstić information content (AvgIpc) is 3.22. The molecule has 0 aliphatic carbocycles. The van der Waals surface area contributed by atoms with Crippen LogP contribution in [0.2, 0.25) is 0 Å². The topological polar surface area (TPSA) is 59.1 Å². The third-order valence-corrected chi connectivity index (χ3v) is 7.19. The molecular formula is C25H39N5O2. The number of fused-ring (bicyclic) bond motifs is 3. The highest BCUT2D eigenvalue weighted by molar-refractivity contribution is 6.00. The van der Waals surface area contributed by atoms with Gasteiger partial charge < -0.3 is 9.80 Å². The number of amides is 3. The first-order valence-corrected chi connectivity index (χ1v) is 12.5. The minimum Gasteiger partial charge on any atom is -0.343 e. The third kappa shape index (κ3) is 4.64. The van der Waals surface area contributed by atoms with E-state index in [1.165, 1.54) is 43.4 Å². The Balaban J connectivity index is 1.37. The quantitative estimate of drug-likeness (QED) is 0.560. The van der Waals surface area contributed by atoms with E-state index in [1.807, 2.05) is 25.2 Å². The molecule has 1 N–H and O–H groups in total. The smallest absolute Gasteiger partial charge is 0.327 e. The first-order valence-electron chi connectivity index (χ1n) is 12.5. The molecule has 0 bridgehead atoms. The van der Waals surface area contributed by atoms with E-state index in [0.29, 0.717) is 6.54 Å². The van der Waals surface area contributed by atoms with E-state index in [1.54, 1.807) is 4.90 Å². The van der Waals surface area contributed by atoms with Crippen LogP contribution in [0.3, 0.4) is 0 Å². The molecule has 3 saturated heterocycles. The minimum absolute atomic E-state index is 0.0362. The molecule has 1 aromatic rings. The number of rotatable bonds is 10. The van der Waals surface area contributed by atoms with Gasteiger partial charge in [-0.15, -0.1) is 0 Å². The third-order valence-electron chi connectivity index (χ3n) is 7.19. The Labute approximate surface area is 192 Å². The van der Waals surface area contributed by atoms with Gasteiger partial charge in [0.25, 0.3) is 5.91 Å². The molecule has 3 fully saturated rings. The lowest BCUT2D eigenvalue weighted by molar-refractivity contribution is -0.138. The number of unbranched alkanes of at least 4 members (excludes halogenated alkanes) is 7. The number of carbonyl (C=O) groups is 2. The van der Waals surface area contributed by atoms with E-state index in [4.69, 9.17) is 0 Å². The first kappa shape index (κ1) is 23.1. The summed E-state index contributed by atoms with van der Waals surface area (Å²) < 4.78 is 0. The Hall–Kier alpha value is -2.12. The molecule has 3 unspecified atom stereocenters. The normalized spacial score (nSPS) is 25.9. The van der Waals surface area contributed by atoms with Crippen LogP contribution in [-0.4, -0.2) is 71.8 Å². The predicted octanol–water partition coefficient (Wildman–Crippen LogP) is 3.81. The van der Waals surface area contributed by atoms with Crippen LogP contribution >= 0.6 is 0 Å². The van der Waals surface area contributed by atoms with Gasteiger partial charge in [0.2, 0.25) is 0 Å². The van der Waals surface area contributed by atoms with E-state index in [-0.39, 0.29) is 30.4 Å². The van der Waals surface area contributed by atoms with Gasteiger partial charge in [0, 0.05) is 32.4 Å². The number of para-hydroxylation sites is 1. The van der Waals surface area contributed by atoms with Crippen LogP contribution in [0.1, 0.15) is 64.7 Å². The molecule has 4 rings (SSSR count). The number of likely N-dealkylation sites (N-methyl/N-ethyl adjacent to an activating group) is 1. The van der Waals surface area contributed by atoms with Gasteiger partial charge in [-0.05, 0) is 25.0 Å². The summed E-state index contributed by atoms with van der Waals surface area (Å²) in [5, 5.41) is 3.58. The lowest BCUT2D eigenvalue weighted by Gasteiger charge is -2.43. The summed E-state index contributed by atoms with van der Waals surface area (Å²) in [4.78, 5) is 34.3. The second-order valence-corrected chi connectivity index (χ2v) is 9.41. The van der Waals surface area contributed by atoms with Gasteiger partial charge in [0.1, 0.15) is 18.5 Å². The molecule has 0 radical (unpaired) electrons. The van der Waals surface area contributed by atoms with Crippen molar-refractivity contribution in [3.8, 4) is 0 Å². The lowest BCUT2D eigenvalue weighted by Crippen LogP contribution is -2.66. The van der Waals surface area contributed by atoms with Gasteiger partial charge in [0.15, 0.2) is 0 Å². The number of imide groups is 1. The van der Waals surface area contributed by atoms with Crippen molar-refractivity contribution in [3.63, 3.8) is 0 Å². The summed E-state index contributed by atoms with van der Waals surface area (Å²) in [6, 6.07) is 9.84. The van der Waals surface area contributed by atoms with Crippen LogP contribution < -0.4 is 10.2 Å². The van der Waals surface area contributed by atoms with Crippen molar-refractivity contribution in [2.24, 2.45) is 0 Å². The Morgan fingerprint density at radius 1 is 0.938 bits per heavy atom. The molecule has 0 spiro atoms. The zero-order chi connectivity index (χ0) is 22.5. The van der Waals surface area contributed by atoms with Crippen molar-refractivity contribution >= 4 is 17.6 Å². The minimum atomic E-state index is -0.316. The fourth-order valence-electron chi connectivity index (χ4n) is 5.41. The molecule has 0 aromatic heterocycles. The van der Waals surface area contributed by atoms with Crippen molar-refractivity contribution in [3.05, 3.63) is 30.3 Å². The molecule has 3 atom stereocenters. The lowest BCUT2D eigenvalue weighted by atomic mass is 10.1. The molecule has 1 aromatic carbocycles. The Morgan fingerprint density at radius 3 is 2.34 bits per heavy atom. The summed E-state index contributed by atoms with van der Waals surface area (Å²) in [6.45, 7) is 4.56. The van der Waals surface area contributed by atoms with Gasteiger partial charge >= 0.3 is 6.03 Å². The van der Waals surface area contributed by atoms with Crippen LogP contribution in [0.15, 0.2) is 30.3 Å². The van der Waals surface area contributed by atoms with E-state index in [9.17, 15) is 9.59 Å². The van der Waals surface area contributed by atoms with Gasteiger partial charge in [-0.25, -0.2) is 4.79 Å². The van der Waals surface area contributed by atoms with E-state index in [2.05, 4.69) is 34.2 Å². The van der Waals surface area contributed by atoms with Crippen LogP contribution in [0.5, 0.6) is 0 Å². The molecule has 32 heavy (non-hydrogen) atoms. The zero-order valence-corrected chi connectivity index (χ0v) is 19.7. The number of carbonyl (C=O) groups excluding carboxylic acids is 2. The fourth-order valence-corrected chi connectivity index (χ4v) is 5.41. The molecule has 7 nitrogen and oxygen atoms in total. The monoisotopic (exact) mass is 441 g/mol. The van der Waals surface area contributed by atoms with E-state index < -0.39 is 0 Å². The van der Waals surface area contributed by atoms with Crippen LogP contribution in [0, 0.1) is 0 Å². The van der Waals surface area contributed by atoms with Crippen molar-refractivity contribution in [2.75, 3.05) is 31.6 Å². The molecule has 3 heterocycles. The van der Waals surface area contributed by atoms with Gasteiger partial charge in [0.05, 0.1) is 0 Å². The molecular weight excluding hydrogens is 402 g/mol. The molecule has 7 heteroatoms. The molecule has 3 amide bonds. The van der Waals surface area contributed by atoms with Gasteiger partial charge in [-0.1, -0.05) is 70.1 Å². The standard InChI is InChI=1S/C25H39N5O2/c1-3-4-5-6-7-8-9-13-17-30-23(31)21-22(27(2)25(30)32)26-24-28(18-14-19-29(21)24)20-15-11-10-12-16-20/h10-12,15-16,21-22,24,26H,3-9,13-14,17-19H2,1-2H3. The van der Waals surface area contributed by atoms with Crippen molar-refractivity contribution in [1.82, 2.24) is 20.0 Å². The summed E-state index contributed by atoms with van der Waals surface area (Å²) in [5.74, 6) is -0.0362. The molecule has 176 valence electrons. The van der Waals surface area contributed by atoms with Crippen molar-refractivity contribution in [2.45, 2.75) is 83.2 Å². The van der Waals surface area contributed by atoms with Crippen LogP contribution in [-0.2, 0) is 4.79 Å². The van der Waals surface area contributed by atoms with Crippen LogP contribution in [0.4, 0.5) is 10.5 Å². The van der Waals surface area contributed by atoms with Crippen LogP contribution in [0.25, 0.3) is 0 Å². The number of urea groups is 1. The second kappa shape index (κ2) is 10.7. The number of anilines is 1. The van der Waals surface area contributed by atoms with Crippen molar-refractivity contribution in [1.29, 1.82) is 0 Å². The maximum Gasteiger partial charge on any atom is 0.327 e. The highest BCUT2D eigenvalue weighted by Crippen LogP contribution is 2.33. The number of benzene rings is 1. The van der Waals surface area contributed by atoms with Crippen molar-refractivity contribution < 1.29 is 9.59 Å². The van der Waals surface area contributed by atoms with E-state index >= 15 is 0 Å².